The van der Waals surface area contributed by atoms with E-state index < -0.39 is 4.92 Å². The van der Waals surface area contributed by atoms with Gasteiger partial charge in [-0.15, -0.1) is 0 Å². The number of carbonyl (C=O) groups is 1. The third-order valence-electron chi connectivity index (χ3n) is 3.73. The second-order valence-corrected chi connectivity index (χ2v) is 5.10. The molecule has 1 heterocycles. The minimum absolute atomic E-state index is 0.0224. The molecule has 1 aliphatic rings. The molecule has 108 valence electrons. The van der Waals surface area contributed by atoms with Crippen molar-refractivity contribution >= 4 is 17.3 Å². The van der Waals surface area contributed by atoms with Gasteiger partial charge in [0.05, 0.1) is 11.0 Å². The van der Waals surface area contributed by atoms with Crippen molar-refractivity contribution in [2.75, 3.05) is 11.9 Å². The van der Waals surface area contributed by atoms with Crippen molar-refractivity contribution in [2.45, 2.75) is 32.2 Å². The Morgan fingerprint density at radius 1 is 1.55 bits per heavy atom. The third kappa shape index (κ3) is 3.54. The number of piperidine rings is 1. The number of anilines is 1. The summed E-state index contributed by atoms with van der Waals surface area (Å²) in [7, 11) is 0. The van der Waals surface area contributed by atoms with Gasteiger partial charge in [0.1, 0.15) is 0 Å². The zero-order valence-electron chi connectivity index (χ0n) is 11.5. The van der Waals surface area contributed by atoms with Crippen LogP contribution in [0, 0.1) is 16.0 Å². The van der Waals surface area contributed by atoms with Crippen LogP contribution in [-0.2, 0) is 4.79 Å². The van der Waals surface area contributed by atoms with Crippen LogP contribution in [-0.4, -0.2) is 23.4 Å². The molecule has 2 N–H and O–H groups in total. The van der Waals surface area contributed by atoms with Crippen molar-refractivity contribution in [3.63, 3.8) is 0 Å². The summed E-state index contributed by atoms with van der Waals surface area (Å²) in [5.74, 6) is 0.445. The Labute approximate surface area is 117 Å². The smallest absolute Gasteiger partial charge is 0.271 e. The van der Waals surface area contributed by atoms with Crippen LogP contribution in [0.2, 0.25) is 0 Å². The van der Waals surface area contributed by atoms with Crippen LogP contribution >= 0.6 is 0 Å². The van der Waals surface area contributed by atoms with E-state index in [0.29, 0.717) is 11.6 Å². The van der Waals surface area contributed by atoms with Gasteiger partial charge in [0.15, 0.2) is 0 Å². The highest BCUT2D eigenvalue weighted by Gasteiger charge is 2.26. The zero-order chi connectivity index (χ0) is 14.5. The third-order valence-corrected chi connectivity index (χ3v) is 3.73. The topological polar surface area (TPSA) is 84.3 Å². The second kappa shape index (κ2) is 6.47. The zero-order valence-corrected chi connectivity index (χ0v) is 11.5. The first-order valence-corrected chi connectivity index (χ1v) is 6.89. The standard InChI is InChI=1S/C14H19N3O3/c1-2-10-6-7-15-13(8-10)14(18)16-11-4-3-5-12(9-11)17(19)20/h3-5,9-10,13,15H,2,6-8H2,1H3,(H,16,18). The van der Waals surface area contributed by atoms with Gasteiger partial charge in [-0.2, -0.15) is 0 Å². The van der Waals surface area contributed by atoms with Gasteiger partial charge in [0, 0.05) is 17.8 Å². The number of nitro benzene ring substituents is 1. The molecule has 20 heavy (non-hydrogen) atoms. The molecule has 6 heteroatoms. The first-order valence-electron chi connectivity index (χ1n) is 6.89. The average Bonchev–Trinajstić information content (AvgIpc) is 2.47. The van der Waals surface area contributed by atoms with Gasteiger partial charge in [-0.25, -0.2) is 0 Å². The van der Waals surface area contributed by atoms with Crippen LogP contribution < -0.4 is 10.6 Å². The molecule has 2 rings (SSSR count). The summed E-state index contributed by atoms with van der Waals surface area (Å²) in [6, 6.07) is 5.79. The molecule has 1 aliphatic heterocycles. The Hall–Kier alpha value is -1.95. The monoisotopic (exact) mass is 277 g/mol. The number of rotatable bonds is 4. The normalized spacial score (nSPS) is 22.2. The molecule has 6 nitrogen and oxygen atoms in total. The Bertz CT molecular complexity index is 504. The number of hydrogen-bond acceptors (Lipinski definition) is 4. The molecule has 1 saturated heterocycles. The lowest BCUT2D eigenvalue weighted by atomic mass is 9.90. The van der Waals surface area contributed by atoms with Crippen LogP contribution in [0.5, 0.6) is 0 Å². The minimum Gasteiger partial charge on any atom is -0.324 e. The van der Waals surface area contributed by atoms with Crippen LogP contribution in [0.1, 0.15) is 26.2 Å². The van der Waals surface area contributed by atoms with E-state index in [4.69, 9.17) is 0 Å². The maximum absolute atomic E-state index is 12.2. The van der Waals surface area contributed by atoms with E-state index >= 15 is 0 Å². The summed E-state index contributed by atoms with van der Waals surface area (Å²) < 4.78 is 0. The van der Waals surface area contributed by atoms with Gasteiger partial charge in [-0.1, -0.05) is 19.4 Å². The van der Waals surface area contributed by atoms with E-state index in [1.165, 1.54) is 12.1 Å². The SMILES string of the molecule is CCC1CCNC(C(=O)Nc2cccc([N+](=O)[O-])c2)C1. The first kappa shape index (κ1) is 14.5. The quantitative estimate of drug-likeness (QED) is 0.653. The molecular formula is C14H19N3O3. The number of carbonyl (C=O) groups excluding carboxylic acids is 1. The number of non-ortho nitro benzene ring substituents is 1. The molecule has 2 atom stereocenters. The van der Waals surface area contributed by atoms with Gasteiger partial charge in [0.2, 0.25) is 5.91 Å². The first-order chi connectivity index (χ1) is 9.60. The van der Waals surface area contributed by atoms with E-state index in [2.05, 4.69) is 17.6 Å². The molecule has 0 bridgehead atoms. The Kier molecular flexibility index (Phi) is 4.68. The number of nitrogens with one attached hydrogen (secondary N) is 2. The van der Waals surface area contributed by atoms with E-state index in [1.54, 1.807) is 12.1 Å². The van der Waals surface area contributed by atoms with Crippen LogP contribution in [0.15, 0.2) is 24.3 Å². The van der Waals surface area contributed by atoms with Crippen molar-refractivity contribution in [3.05, 3.63) is 34.4 Å². The highest BCUT2D eigenvalue weighted by atomic mass is 16.6. The summed E-state index contributed by atoms with van der Waals surface area (Å²) >= 11 is 0. The molecule has 1 fully saturated rings. The van der Waals surface area contributed by atoms with E-state index in [9.17, 15) is 14.9 Å². The molecule has 1 aromatic carbocycles. The molecule has 2 unspecified atom stereocenters. The maximum Gasteiger partial charge on any atom is 0.271 e. The fraction of sp³-hybridized carbons (Fsp3) is 0.500. The van der Waals surface area contributed by atoms with Gasteiger partial charge in [-0.3, -0.25) is 14.9 Å². The second-order valence-electron chi connectivity index (χ2n) is 5.10. The molecule has 0 radical (unpaired) electrons. The number of amides is 1. The molecule has 1 amide bonds. The number of benzene rings is 1. The summed E-state index contributed by atoms with van der Waals surface area (Å²) in [6.45, 7) is 2.97. The van der Waals surface area contributed by atoms with Gasteiger partial charge in [0.25, 0.3) is 5.69 Å². The fourth-order valence-corrected chi connectivity index (χ4v) is 2.49. The maximum atomic E-state index is 12.2. The highest BCUT2D eigenvalue weighted by molar-refractivity contribution is 5.95. The summed E-state index contributed by atoms with van der Waals surface area (Å²) in [5.41, 5.74) is 0.440. The van der Waals surface area contributed by atoms with E-state index in [0.717, 1.165) is 25.8 Å². The Balaban J connectivity index is 2.00. The Morgan fingerprint density at radius 2 is 2.35 bits per heavy atom. The van der Waals surface area contributed by atoms with Gasteiger partial charge < -0.3 is 10.6 Å². The summed E-state index contributed by atoms with van der Waals surface area (Å²) in [5, 5.41) is 16.6. The lowest BCUT2D eigenvalue weighted by Gasteiger charge is -2.28. The largest absolute Gasteiger partial charge is 0.324 e. The van der Waals surface area contributed by atoms with Crippen molar-refractivity contribution < 1.29 is 9.72 Å². The van der Waals surface area contributed by atoms with Gasteiger partial charge in [-0.05, 0) is 31.4 Å². The van der Waals surface area contributed by atoms with Crippen molar-refractivity contribution in [3.8, 4) is 0 Å². The molecule has 0 aliphatic carbocycles. The van der Waals surface area contributed by atoms with Crippen molar-refractivity contribution in [1.29, 1.82) is 0 Å². The average molecular weight is 277 g/mol. The lowest BCUT2D eigenvalue weighted by molar-refractivity contribution is -0.384. The number of nitrogens with zero attached hydrogens (tertiary/aromatic N) is 1. The molecule has 1 aromatic rings. The van der Waals surface area contributed by atoms with Crippen molar-refractivity contribution in [1.82, 2.24) is 5.32 Å². The minimum atomic E-state index is -0.471. The Morgan fingerprint density at radius 3 is 3.05 bits per heavy atom. The molecule has 0 saturated carbocycles. The molecule has 0 aromatic heterocycles. The molecule has 0 spiro atoms. The number of hydrogen-bond donors (Lipinski definition) is 2. The fourth-order valence-electron chi connectivity index (χ4n) is 2.49. The summed E-state index contributed by atoms with van der Waals surface area (Å²) in [4.78, 5) is 22.4. The lowest BCUT2D eigenvalue weighted by Crippen LogP contribution is -2.46. The molecular weight excluding hydrogens is 258 g/mol. The highest BCUT2D eigenvalue weighted by Crippen LogP contribution is 2.21. The van der Waals surface area contributed by atoms with E-state index in [-0.39, 0.29) is 17.6 Å². The number of nitro groups is 1. The van der Waals surface area contributed by atoms with Crippen LogP contribution in [0.3, 0.4) is 0 Å². The predicted octanol–water partition coefficient (Wildman–Crippen LogP) is 2.31. The van der Waals surface area contributed by atoms with Crippen LogP contribution in [0.4, 0.5) is 11.4 Å². The van der Waals surface area contributed by atoms with E-state index in [1.807, 2.05) is 0 Å². The van der Waals surface area contributed by atoms with Crippen LogP contribution in [0.25, 0.3) is 0 Å². The predicted molar refractivity (Wildman–Crippen MR) is 76.5 cm³/mol. The summed E-state index contributed by atoms with van der Waals surface area (Å²) in [6.07, 6.45) is 2.98. The van der Waals surface area contributed by atoms with Crippen molar-refractivity contribution in [2.24, 2.45) is 5.92 Å². The van der Waals surface area contributed by atoms with Gasteiger partial charge >= 0.3 is 0 Å².